The summed E-state index contributed by atoms with van der Waals surface area (Å²) in [4.78, 5) is 16.2. The Morgan fingerprint density at radius 1 is 1.27 bits per heavy atom. The van der Waals surface area contributed by atoms with E-state index in [-0.39, 0.29) is 0 Å². The number of rotatable bonds is 4. The van der Waals surface area contributed by atoms with E-state index in [4.69, 9.17) is 10.5 Å². The minimum Gasteiger partial charge on any atom is -0.496 e. The van der Waals surface area contributed by atoms with Crippen LogP contribution in [0.3, 0.4) is 0 Å². The number of nitrogens with two attached hydrogens (primary N) is 1. The minimum atomic E-state index is -0.533. The number of aromatic nitrogens is 3. The number of pyridine rings is 1. The zero-order valence-corrected chi connectivity index (χ0v) is 12.5. The molecule has 0 aliphatic heterocycles. The van der Waals surface area contributed by atoms with E-state index in [2.05, 4.69) is 15.2 Å². The minimum absolute atomic E-state index is 0.365. The van der Waals surface area contributed by atoms with Crippen molar-refractivity contribution in [2.75, 3.05) is 7.11 Å². The van der Waals surface area contributed by atoms with Gasteiger partial charge in [0.15, 0.2) is 5.01 Å². The van der Waals surface area contributed by atoms with Crippen molar-refractivity contribution < 1.29 is 9.53 Å². The number of hydrogen-bond acceptors (Lipinski definition) is 6. The number of nitrogens with zero attached hydrogens (tertiary/aromatic N) is 3. The van der Waals surface area contributed by atoms with Crippen LogP contribution in [-0.2, 0) is 0 Å². The van der Waals surface area contributed by atoms with Crippen LogP contribution in [0.15, 0.2) is 42.0 Å². The third-order valence-corrected chi connectivity index (χ3v) is 3.85. The lowest BCUT2D eigenvalue weighted by atomic mass is 9.97. The van der Waals surface area contributed by atoms with Gasteiger partial charge in [-0.3, -0.25) is 9.78 Å². The summed E-state index contributed by atoms with van der Waals surface area (Å²) in [5, 5.41) is 8.49. The fourth-order valence-corrected chi connectivity index (χ4v) is 2.78. The number of carbonyl (C=O) groups is 1. The van der Waals surface area contributed by atoms with E-state index >= 15 is 0 Å². The van der Waals surface area contributed by atoms with Gasteiger partial charge in [0.1, 0.15) is 17.0 Å². The van der Waals surface area contributed by atoms with Gasteiger partial charge in [0.25, 0.3) is 0 Å². The molecule has 3 aromatic rings. The van der Waals surface area contributed by atoms with Crippen LogP contribution in [0.25, 0.3) is 21.8 Å². The molecule has 0 saturated heterocycles. The number of para-hydroxylation sites is 1. The van der Waals surface area contributed by atoms with Crippen molar-refractivity contribution in [3.05, 3.63) is 47.6 Å². The number of methoxy groups -OCH3 is 1. The van der Waals surface area contributed by atoms with E-state index in [0.29, 0.717) is 27.6 Å². The molecule has 7 heteroatoms. The molecular formula is C15H12N4O2S. The zero-order chi connectivity index (χ0) is 15.5. The van der Waals surface area contributed by atoms with Crippen molar-refractivity contribution in [2.24, 2.45) is 5.73 Å². The van der Waals surface area contributed by atoms with Crippen LogP contribution in [0.2, 0.25) is 0 Å². The zero-order valence-electron chi connectivity index (χ0n) is 11.7. The summed E-state index contributed by atoms with van der Waals surface area (Å²) in [5.74, 6) is 0.0952. The molecule has 0 unspecified atom stereocenters. The monoisotopic (exact) mass is 312 g/mol. The highest BCUT2D eigenvalue weighted by atomic mass is 32.1. The van der Waals surface area contributed by atoms with Crippen LogP contribution in [0.4, 0.5) is 0 Å². The molecule has 1 amide bonds. The average molecular weight is 312 g/mol. The van der Waals surface area contributed by atoms with E-state index in [0.717, 1.165) is 5.56 Å². The Balaban J connectivity index is 2.35. The van der Waals surface area contributed by atoms with E-state index in [1.165, 1.54) is 17.5 Å². The summed E-state index contributed by atoms with van der Waals surface area (Å²) in [6.45, 7) is 0. The molecule has 1 aromatic carbocycles. The van der Waals surface area contributed by atoms with Crippen molar-refractivity contribution in [3.63, 3.8) is 0 Å². The van der Waals surface area contributed by atoms with E-state index in [1.807, 2.05) is 24.3 Å². The van der Waals surface area contributed by atoms with Crippen molar-refractivity contribution in [3.8, 4) is 27.6 Å². The van der Waals surface area contributed by atoms with Crippen molar-refractivity contribution >= 4 is 17.2 Å². The second kappa shape index (κ2) is 5.90. The van der Waals surface area contributed by atoms with E-state index in [9.17, 15) is 4.79 Å². The molecule has 0 saturated carbocycles. The number of hydrogen-bond donors (Lipinski definition) is 1. The molecule has 110 valence electrons. The number of amides is 1. The predicted molar refractivity (Wildman–Crippen MR) is 83.6 cm³/mol. The van der Waals surface area contributed by atoms with Crippen LogP contribution in [0.1, 0.15) is 10.4 Å². The Morgan fingerprint density at radius 2 is 2.09 bits per heavy atom. The second-order valence-electron chi connectivity index (χ2n) is 4.39. The summed E-state index contributed by atoms with van der Waals surface area (Å²) in [7, 11) is 1.57. The quantitative estimate of drug-likeness (QED) is 0.798. The molecule has 0 radical (unpaired) electrons. The first-order chi connectivity index (χ1) is 10.7. The lowest BCUT2D eigenvalue weighted by Crippen LogP contribution is -2.13. The molecule has 6 nitrogen and oxygen atoms in total. The average Bonchev–Trinajstić information content (AvgIpc) is 3.08. The third-order valence-electron chi connectivity index (χ3n) is 3.16. The molecule has 2 heterocycles. The molecule has 0 aliphatic rings. The molecule has 0 spiro atoms. The highest BCUT2D eigenvalue weighted by Crippen LogP contribution is 2.38. The topological polar surface area (TPSA) is 91.0 Å². The van der Waals surface area contributed by atoms with Gasteiger partial charge in [0, 0.05) is 17.3 Å². The van der Waals surface area contributed by atoms with Crippen LogP contribution in [-0.4, -0.2) is 28.2 Å². The number of ether oxygens (including phenoxy) is 1. The third kappa shape index (κ3) is 2.42. The summed E-state index contributed by atoms with van der Waals surface area (Å²) >= 11 is 1.34. The lowest BCUT2D eigenvalue weighted by Gasteiger charge is -2.13. The fraction of sp³-hybridized carbons (Fsp3) is 0.0667. The molecule has 2 aromatic heterocycles. The smallest absolute Gasteiger partial charge is 0.249 e. The summed E-state index contributed by atoms with van der Waals surface area (Å²) in [5.41, 5.74) is 9.40. The maximum Gasteiger partial charge on any atom is 0.249 e. The standard InChI is InChI=1S/C15H12N4O2S/c1-21-11-5-3-2-4-9(11)12-10(14(16)20)6-7-17-13(12)15-19-18-8-22-15/h2-8H,1H3,(H2,16,20). The number of carbonyl (C=O) groups excluding carboxylic acids is 1. The van der Waals surface area contributed by atoms with Gasteiger partial charge in [-0.15, -0.1) is 10.2 Å². The van der Waals surface area contributed by atoms with Gasteiger partial charge < -0.3 is 10.5 Å². The second-order valence-corrected chi connectivity index (χ2v) is 5.22. The highest BCUT2D eigenvalue weighted by molar-refractivity contribution is 7.12. The van der Waals surface area contributed by atoms with E-state index < -0.39 is 5.91 Å². The molecule has 2 N–H and O–H groups in total. The Morgan fingerprint density at radius 3 is 2.77 bits per heavy atom. The molecule has 22 heavy (non-hydrogen) atoms. The molecule has 0 atom stereocenters. The Labute approximate surface area is 130 Å². The Kier molecular flexibility index (Phi) is 3.80. The van der Waals surface area contributed by atoms with Gasteiger partial charge in [-0.2, -0.15) is 0 Å². The maximum absolute atomic E-state index is 11.8. The first-order valence-electron chi connectivity index (χ1n) is 6.41. The lowest BCUT2D eigenvalue weighted by molar-refractivity contribution is 0.100. The SMILES string of the molecule is COc1ccccc1-c1c(C(N)=O)ccnc1-c1nncs1. The van der Waals surface area contributed by atoms with Crippen LogP contribution in [0.5, 0.6) is 5.75 Å². The first-order valence-corrected chi connectivity index (χ1v) is 7.29. The largest absolute Gasteiger partial charge is 0.496 e. The van der Waals surface area contributed by atoms with Crippen molar-refractivity contribution in [2.45, 2.75) is 0 Å². The predicted octanol–water partition coefficient (Wildman–Crippen LogP) is 2.37. The normalized spacial score (nSPS) is 10.4. The van der Waals surface area contributed by atoms with Crippen LogP contribution in [0, 0.1) is 0 Å². The summed E-state index contributed by atoms with van der Waals surface area (Å²) in [6.07, 6.45) is 1.54. The number of benzene rings is 1. The summed E-state index contributed by atoms with van der Waals surface area (Å²) in [6, 6.07) is 8.98. The van der Waals surface area contributed by atoms with Gasteiger partial charge in [0.05, 0.1) is 12.7 Å². The fourth-order valence-electron chi connectivity index (χ4n) is 2.23. The van der Waals surface area contributed by atoms with Crippen molar-refractivity contribution in [1.29, 1.82) is 0 Å². The first kappa shape index (κ1) is 14.2. The van der Waals surface area contributed by atoms with Gasteiger partial charge in [-0.05, 0) is 12.1 Å². The van der Waals surface area contributed by atoms with Crippen molar-refractivity contribution in [1.82, 2.24) is 15.2 Å². The maximum atomic E-state index is 11.8. The Bertz CT molecular complexity index is 818. The summed E-state index contributed by atoms with van der Waals surface area (Å²) < 4.78 is 5.39. The molecular weight excluding hydrogens is 300 g/mol. The molecule has 3 rings (SSSR count). The molecule has 0 aliphatic carbocycles. The van der Waals surface area contributed by atoms with Gasteiger partial charge in [-0.1, -0.05) is 29.5 Å². The van der Waals surface area contributed by atoms with E-state index in [1.54, 1.807) is 18.7 Å². The highest BCUT2D eigenvalue weighted by Gasteiger charge is 2.21. The van der Waals surface area contributed by atoms with Crippen LogP contribution >= 0.6 is 11.3 Å². The van der Waals surface area contributed by atoms with Gasteiger partial charge in [-0.25, -0.2) is 0 Å². The van der Waals surface area contributed by atoms with Crippen LogP contribution < -0.4 is 10.5 Å². The number of primary amides is 1. The molecule has 0 fully saturated rings. The van der Waals surface area contributed by atoms with Gasteiger partial charge in [0.2, 0.25) is 5.91 Å². The van der Waals surface area contributed by atoms with Gasteiger partial charge >= 0.3 is 0 Å². The molecule has 0 bridgehead atoms. The Hall–Kier alpha value is -2.80.